The van der Waals surface area contributed by atoms with E-state index in [1.54, 1.807) is 0 Å². The normalized spacial score (nSPS) is 22.1. The van der Waals surface area contributed by atoms with E-state index in [0.717, 1.165) is 108 Å². The van der Waals surface area contributed by atoms with E-state index in [0.29, 0.717) is 31.6 Å². The molecule has 1 fully saturated rings. The van der Waals surface area contributed by atoms with Crippen molar-refractivity contribution in [3.05, 3.63) is 104 Å². The van der Waals surface area contributed by atoms with Crippen LogP contribution in [0.15, 0.2) is 119 Å². The van der Waals surface area contributed by atoms with E-state index in [9.17, 15) is 9.90 Å². The van der Waals surface area contributed by atoms with Gasteiger partial charge in [-0.2, -0.15) is 0 Å². The van der Waals surface area contributed by atoms with Crippen LogP contribution in [0, 0.1) is 17.8 Å². The Balaban J connectivity index is 0.00000325. The minimum absolute atomic E-state index is 0. The lowest BCUT2D eigenvalue weighted by Gasteiger charge is -2.33. The van der Waals surface area contributed by atoms with Gasteiger partial charge in [0, 0.05) is 52.8 Å². The number of esters is 1. The maximum atomic E-state index is 13.4. The minimum Gasteiger partial charge on any atom is -1.00 e. The molecule has 5 aliphatic heterocycles. The van der Waals surface area contributed by atoms with Gasteiger partial charge >= 0.3 is 5.97 Å². The topological polar surface area (TPSA) is 95.6 Å². The first-order valence-corrected chi connectivity index (χ1v) is 18.7. The van der Waals surface area contributed by atoms with E-state index >= 15 is 0 Å². The van der Waals surface area contributed by atoms with Gasteiger partial charge in [0.15, 0.2) is 0 Å². The number of hydrogen-bond acceptors (Lipinski definition) is 7. The zero-order chi connectivity index (χ0) is 37.9. The lowest BCUT2D eigenvalue weighted by atomic mass is 9.86. The van der Waals surface area contributed by atoms with Crippen LogP contribution in [0.2, 0.25) is 0 Å². The highest BCUT2D eigenvalue weighted by Gasteiger charge is 2.41. The highest BCUT2D eigenvalue weighted by Crippen LogP contribution is 2.46. The van der Waals surface area contributed by atoms with Gasteiger partial charge in [-0.1, -0.05) is 26.5 Å². The van der Waals surface area contributed by atoms with Gasteiger partial charge in [-0.15, -0.1) is 0 Å². The number of carbonyl (C=O) groups is 1. The molecule has 0 aromatic heterocycles. The van der Waals surface area contributed by atoms with Gasteiger partial charge in [0.25, 0.3) is 0 Å². The summed E-state index contributed by atoms with van der Waals surface area (Å²) in [6, 6.07) is 0. The Morgan fingerprint density at radius 2 is 1.59 bits per heavy atom. The van der Waals surface area contributed by atoms with Crippen LogP contribution >= 0.6 is 0 Å². The van der Waals surface area contributed by atoms with E-state index in [4.69, 9.17) is 19.7 Å². The first-order chi connectivity index (χ1) is 24.4. The third-order valence-corrected chi connectivity index (χ3v) is 11.1. The maximum absolute atomic E-state index is 13.4. The summed E-state index contributed by atoms with van der Waals surface area (Å²) in [6.07, 6.45) is 10.3. The predicted octanol–water partition coefficient (Wildman–Crippen LogP) is 1.20. The summed E-state index contributed by atoms with van der Waals surface area (Å²) < 4.78 is 7.62. The molecule has 0 spiro atoms. The number of fused-ring (bicyclic) bond motifs is 5. The number of quaternary nitrogens is 2. The van der Waals surface area contributed by atoms with Crippen molar-refractivity contribution in [1.29, 1.82) is 0 Å². The van der Waals surface area contributed by atoms with Crippen molar-refractivity contribution in [3.8, 4) is 0 Å². The van der Waals surface area contributed by atoms with Gasteiger partial charge < -0.3 is 72.1 Å². The van der Waals surface area contributed by atoms with Gasteiger partial charge in [-0.05, 0) is 74.1 Å². The molecule has 0 aromatic rings. The number of rotatable bonds is 11. The zero-order valence-electron chi connectivity index (χ0n) is 34.0. The lowest BCUT2D eigenvalue weighted by Crippen LogP contribution is -3.00. The van der Waals surface area contributed by atoms with Crippen molar-refractivity contribution >= 4 is 23.1 Å². The van der Waals surface area contributed by atoms with Crippen molar-refractivity contribution in [3.63, 3.8) is 0 Å². The molecule has 11 heteroatoms. The molecule has 6 rings (SSSR count). The molecule has 1 aliphatic carbocycles. The Kier molecular flexibility index (Phi) is 13.6. The molecule has 0 aromatic carbocycles. The Bertz CT molecular complexity index is 1970. The van der Waals surface area contributed by atoms with E-state index in [-0.39, 0.29) is 71.7 Å². The number of allylic oxidation sites excluding steroid dienone is 12. The first kappa shape index (κ1) is 43.8. The van der Waals surface area contributed by atoms with Crippen LogP contribution in [0.25, 0.3) is 0 Å². The highest BCUT2D eigenvalue weighted by atomic mass is 127. The van der Waals surface area contributed by atoms with E-state index in [1.807, 2.05) is 13.0 Å². The van der Waals surface area contributed by atoms with Crippen molar-refractivity contribution in [2.24, 2.45) is 32.7 Å². The average molecular weight is 961 g/mol. The second-order valence-corrected chi connectivity index (χ2v) is 17.3. The Morgan fingerprint density at radius 1 is 0.963 bits per heavy atom. The molecular weight excluding hydrogens is 902 g/mol. The summed E-state index contributed by atoms with van der Waals surface area (Å²) >= 11 is 0. The SMILES string of the molecule is C=CC1=C(C)C2=NC1=CC1=NC(=CC3=C(C)C4=C(O)CC(=C5NC(=C2)[C@@H](C)[C@@H]5CCC(=O)OCC(C[N+](C)(C)C)C[N+](C)(C)C)C4=N3)C(CC)=C1C.[I-].[I-]. The van der Waals surface area contributed by atoms with Crippen molar-refractivity contribution in [2.75, 3.05) is 62.0 Å². The van der Waals surface area contributed by atoms with Crippen LogP contribution in [0.5, 0.6) is 0 Å². The molecule has 2 N–H and O–H groups in total. The monoisotopic (exact) mass is 960 g/mol. The summed E-state index contributed by atoms with van der Waals surface area (Å²) in [7, 11) is 13.1. The van der Waals surface area contributed by atoms with Crippen LogP contribution in [-0.4, -0.2) is 99.2 Å². The van der Waals surface area contributed by atoms with Gasteiger partial charge in [-0.3, -0.25) is 4.79 Å². The van der Waals surface area contributed by atoms with Gasteiger partial charge in [-0.25, -0.2) is 15.0 Å². The summed E-state index contributed by atoms with van der Waals surface area (Å²) in [5.41, 5.74) is 14.3. The molecule has 0 radical (unpaired) electrons. The predicted molar refractivity (Wildman–Crippen MR) is 212 cm³/mol. The maximum Gasteiger partial charge on any atom is 0.305 e. The Morgan fingerprint density at radius 3 is 2.20 bits per heavy atom. The summed E-state index contributed by atoms with van der Waals surface area (Å²) in [4.78, 5) is 28.8. The molecule has 0 saturated carbocycles. The minimum atomic E-state index is -0.173. The van der Waals surface area contributed by atoms with Crippen LogP contribution in [0.3, 0.4) is 0 Å². The van der Waals surface area contributed by atoms with Gasteiger partial charge in [0.2, 0.25) is 0 Å². The average Bonchev–Trinajstić information content (AvgIpc) is 3.79. The van der Waals surface area contributed by atoms with E-state index in [2.05, 4.69) is 100 Å². The fraction of sp³-hybridized carbons (Fsp3) is 0.488. The number of halogens is 2. The molecule has 0 amide bonds. The molecule has 9 nitrogen and oxygen atoms in total. The summed E-state index contributed by atoms with van der Waals surface area (Å²) in [5, 5.41) is 15.2. The summed E-state index contributed by atoms with van der Waals surface area (Å²) in [6.45, 7) is 17.0. The molecule has 6 aliphatic rings. The molecule has 292 valence electrons. The van der Waals surface area contributed by atoms with E-state index in [1.165, 1.54) is 5.57 Å². The third-order valence-electron chi connectivity index (χ3n) is 11.1. The number of hydrogen-bond donors (Lipinski definition) is 2. The van der Waals surface area contributed by atoms with Crippen molar-refractivity contribution < 1.29 is 71.6 Å². The molecule has 2 atom stereocenters. The number of carbonyl (C=O) groups excluding carboxylic acids is 1. The lowest BCUT2D eigenvalue weighted by molar-refractivity contribution is -0.896. The van der Waals surface area contributed by atoms with Crippen molar-refractivity contribution in [1.82, 2.24) is 5.32 Å². The molecule has 54 heavy (non-hydrogen) atoms. The fourth-order valence-electron chi connectivity index (χ4n) is 8.65. The molecule has 5 heterocycles. The largest absolute Gasteiger partial charge is 1.00 e. The van der Waals surface area contributed by atoms with Crippen LogP contribution < -0.4 is 53.3 Å². The first-order valence-electron chi connectivity index (χ1n) is 18.7. The third kappa shape index (κ3) is 8.89. The highest BCUT2D eigenvalue weighted by molar-refractivity contribution is 6.21. The number of aliphatic imine (C=N–C) groups is 3. The van der Waals surface area contributed by atoms with Crippen molar-refractivity contribution in [2.45, 2.75) is 60.3 Å². The zero-order valence-corrected chi connectivity index (χ0v) is 38.3. The quantitative estimate of drug-likeness (QED) is 0.185. The number of aliphatic hydroxyl groups excluding tert-OH is 1. The second kappa shape index (κ2) is 16.7. The molecular formula is C43H58I2N6O3. The fourth-order valence-corrected chi connectivity index (χ4v) is 8.65. The molecule has 0 unspecified atom stereocenters. The van der Waals surface area contributed by atoms with Gasteiger partial charge in [0.05, 0.1) is 95.5 Å². The number of nitrogens with one attached hydrogen (secondary N) is 1. The van der Waals surface area contributed by atoms with E-state index < -0.39 is 0 Å². The van der Waals surface area contributed by atoms with Crippen LogP contribution in [0.1, 0.15) is 60.3 Å². The Labute approximate surface area is 356 Å². The van der Waals surface area contributed by atoms with Gasteiger partial charge in [0.1, 0.15) is 12.4 Å². The number of nitrogens with zero attached hydrogens (tertiary/aromatic N) is 5. The second-order valence-electron chi connectivity index (χ2n) is 17.3. The summed E-state index contributed by atoms with van der Waals surface area (Å²) in [5.74, 6) is 0.469. The molecule has 8 bridgehead atoms. The van der Waals surface area contributed by atoms with Crippen LogP contribution in [0.4, 0.5) is 0 Å². The van der Waals surface area contributed by atoms with Crippen LogP contribution in [-0.2, 0) is 9.53 Å². The molecule has 1 saturated heterocycles. The number of aliphatic hydroxyl groups is 1. The standard InChI is InChI=1S/C43H57N6O3.2HI/c1-13-29-24(3)33-18-35-26(5)31(15-16-40(51)52-23-28(21-48(7,8)9)22-49(10,11)12)42(46-35)32-17-39(50)41-27(6)36(47-43(32)41)20-38-30(14-2)25(4)34(45-38)19-37(29)44-33;;/h13,18-20,26,28,31H,1,14-17,21-23H2,2-12H3,(H-,44,45,46,47,50);2*1H/q+1;;/p-1/t26-,31-;;/m0../s1. The smallest absolute Gasteiger partial charge is 0.305 e. The Hall–Kier alpha value is -2.88. The number of ether oxygens (including phenoxy) is 1.